The van der Waals surface area contributed by atoms with Crippen LogP contribution in [-0.2, 0) is 10.9 Å². The van der Waals surface area contributed by atoms with Crippen molar-refractivity contribution in [2.45, 2.75) is 51.3 Å². The zero-order valence-corrected chi connectivity index (χ0v) is 15.0. The first kappa shape index (κ1) is 20.8. The van der Waals surface area contributed by atoms with E-state index < -0.39 is 45.9 Å². The molecule has 0 saturated carbocycles. The molecule has 7 nitrogen and oxygen atoms in total. The molecule has 2 rings (SSSR count). The Morgan fingerprint density at radius 1 is 1.30 bits per heavy atom. The Morgan fingerprint density at radius 3 is 2.30 bits per heavy atom. The fraction of sp³-hybridized carbons (Fsp3) is 0.625. The van der Waals surface area contributed by atoms with E-state index in [-0.39, 0.29) is 37.7 Å². The van der Waals surface area contributed by atoms with Crippen LogP contribution in [0.5, 0.6) is 0 Å². The Morgan fingerprint density at radius 2 is 1.85 bits per heavy atom. The van der Waals surface area contributed by atoms with Crippen molar-refractivity contribution in [2.24, 2.45) is 0 Å². The lowest BCUT2D eigenvalue weighted by Crippen LogP contribution is -2.41. The number of halogens is 4. The van der Waals surface area contributed by atoms with Crippen molar-refractivity contribution in [3.63, 3.8) is 0 Å². The van der Waals surface area contributed by atoms with Gasteiger partial charge in [0.05, 0.1) is 4.92 Å². The maximum atomic E-state index is 13.8. The average molecular weight is 393 g/mol. The van der Waals surface area contributed by atoms with E-state index in [1.165, 1.54) is 4.90 Å². The van der Waals surface area contributed by atoms with Gasteiger partial charge in [-0.15, -0.1) is 0 Å². The number of likely N-dealkylation sites (tertiary alicyclic amines) is 1. The predicted octanol–water partition coefficient (Wildman–Crippen LogP) is 4.26. The van der Waals surface area contributed by atoms with Crippen molar-refractivity contribution in [3.8, 4) is 0 Å². The minimum atomic E-state index is -5.08. The van der Waals surface area contributed by atoms with Gasteiger partial charge < -0.3 is 9.64 Å². The van der Waals surface area contributed by atoms with Gasteiger partial charge >= 0.3 is 12.3 Å². The first-order valence-corrected chi connectivity index (χ1v) is 8.19. The second kappa shape index (κ2) is 7.28. The zero-order chi connectivity index (χ0) is 20.6. The molecule has 1 aliphatic rings. The number of nitrogens with zero attached hydrogens (tertiary/aromatic N) is 3. The number of hydrogen-bond donors (Lipinski definition) is 0. The summed E-state index contributed by atoms with van der Waals surface area (Å²) < 4.78 is 57.4. The molecule has 0 radical (unpaired) electrons. The van der Waals surface area contributed by atoms with Crippen molar-refractivity contribution in [1.29, 1.82) is 0 Å². The van der Waals surface area contributed by atoms with Gasteiger partial charge in [-0.1, -0.05) is 0 Å². The van der Waals surface area contributed by atoms with Gasteiger partial charge in [0.25, 0.3) is 5.69 Å². The molecule has 0 aliphatic carbocycles. The second-order valence-electron chi connectivity index (χ2n) is 7.23. The van der Waals surface area contributed by atoms with E-state index in [4.69, 9.17) is 4.74 Å². The molecule has 150 valence electrons. The van der Waals surface area contributed by atoms with Crippen LogP contribution >= 0.6 is 0 Å². The SMILES string of the molecule is CC(C)(C)OC(=O)N1CCC(c2nc(F)c(C(F)(F)F)cc2[N+](=O)[O-])CC1. The fourth-order valence-corrected chi connectivity index (χ4v) is 2.80. The molecule has 2 heterocycles. The van der Waals surface area contributed by atoms with E-state index in [1.807, 2.05) is 0 Å². The molecule has 1 aliphatic heterocycles. The number of pyridine rings is 1. The van der Waals surface area contributed by atoms with Crippen molar-refractivity contribution in [2.75, 3.05) is 13.1 Å². The Balaban J connectivity index is 2.22. The van der Waals surface area contributed by atoms with E-state index in [0.29, 0.717) is 0 Å². The molecule has 1 amide bonds. The highest BCUT2D eigenvalue weighted by atomic mass is 19.4. The van der Waals surface area contributed by atoms with Crippen LogP contribution in [0.3, 0.4) is 0 Å². The maximum Gasteiger partial charge on any atom is 0.421 e. The van der Waals surface area contributed by atoms with Crippen molar-refractivity contribution in [1.82, 2.24) is 9.88 Å². The van der Waals surface area contributed by atoms with Crippen LogP contribution in [0.15, 0.2) is 6.07 Å². The van der Waals surface area contributed by atoms with Crippen molar-refractivity contribution < 1.29 is 32.0 Å². The van der Waals surface area contributed by atoms with Crippen LogP contribution in [0.1, 0.15) is 50.8 Å². The molecule has 11 heteroatoms. The van der Waals surface area contributed by atoms with Crippen LogP contribution in [0.4, 0.5) is 28.0 Å². The van der Waals surface area contributed by atoms with Gasteiger partial charge in [0, 0.05) is 25.1 Å². The van der Waals surface area contributed by atoms with Crippen molar-refractivity contribution in [3.05, 3.63) is 33.4 Å². The third-order valence-corrected chi connectivity index (χ3v) is 4.02. The predicted molar refractivity (Wildman–Crippen MR) is 85.6 cm³/mol. The highest BCUT2D eigenvalue weighted by Gasteiger charge is 2.40. The monoisotopic (exact) mass is 393 g/mol. The van der Waals surface area contributed by atoms with E-state index >= 15 is 0 Å². The third-order valence-electron chi connectivity index (χ3n) is 4.02. The van der Waals surface area contributed by atoms with Gasteiger partial charge in [-0.05, 0) is 33.6 Å². The van der Waals surface area contributed by atoms with E-state index in [0.717, 1.165) is 0 Å². The number of nitro groups is 1. The number of aromatic nitrogens is 1. The Kier molecular flexibility index (Phi) is 5.62. The smallest absolute Gasteiger partial charge is 0.421 e. The molecule has 1 saturated heterocycles. The largest absolute Gasteiger partial charge is 0.444 e. The van der Waals surface area contributed by atoms with Crippen LogP contribution in [0.25, 0.3) is 0 Å². The average Bonchev–Trinajstić information content (AvgIpc) is 2.51. The number of rotatable bonds is 2. The molecule has 1 fully saturated rings. The topological polar surface area (TPSA) is 85.6 Å². The van der Waals surface area contributed by atoms with E-state index in [9.17, 15) is 32.5 Å². The van der Waals surface area contributed by atoms with Gasteiger partial charge in [0.15, 0.2) is 0 Å². The minimum Gasteiger partial charge on any atom is -0.444 e. The van der Waals surface area contributed by atoms with Gasteiger partial charge in [-0.3, -0.25) is 10.1 Å². The summed E-state index contributed by atoms with van der Waals surface area (Å²) in [5.74, 6) is -2.43. The maximum absolute atomic E-state index is 13.8. The molecule has 0 atom stereocenters. The van der Waals surface area contributed by atoms with E-state index in [2.05, 4.69) is 4.98 Å². The molecule has 27 heavy (non-hydrogen) atoms. The van der Waals surface area contributed by atoms with Gasteiger partial charge in [-0.2, -0.15) is 17.6 Å². The second-order valence-corrected chi connectivity index (χ2v) is 7.23. The fourth-order valence-electron chi connectivity index (χ4n) is 2.80. The summed E-state index contributed by atoms with van der Waals surface area (Å²) in [6, 6.07) is 0.178. The first-order chi connectivity index (χ1) is 12.3. The third kappa shape index (κ3) is 5.04. The van der Waals surface area contributed by atoms with Crippen LogP contribution in [0, 0.1) is 16.1 Å². The molecule has 0 N–H and O–H groups in total. The molecule has 0 aromatic carbocycles. The minimum absolute atomic E-state index is 0.168. The molecular formula is C16H19F4N3O4. The molecule has 0 spiro atoms. The van der Waals surface area contributed by atoms with Crippen LogP contribution < -0.4 is 0 Å². The summed E-state index contributed by atoms with van der Waals surface area (Å²) in [6.07, 6.45) is -5.25. The number of carbonyl (C=O) groups excluding carboxylic acids is 1. The zero-order valence-electron chi connectivity index (χ0n) is 15.0. The summed E-state index contributed by atoms with van der Waals surface area (Å²) in [5.41, 5.74) is -3.68. The summed E-state index contributed by atoms with van der Waals surface area (Å²) >= 11 is 0. The van der Waals surface area contributed by atoms with Crippen LogP contribution in [0.2, 0.25) is 0 Å². The quantitative estimate of drug-likeness (QED) is 0.324. The number of hydrogen-bond acceptors (Lipinski definition) is 5. The Bertz CT molecular complexity index is 738. The molecule has 1 aromatic rings. The first-order valence-electron chi connectivity index (χ1n) is 8.19. The molecule has 0 unspecified atom stereocenters. The van der Waals surface area contributed by atoms with Gasteiger partial charge in [0.1, 0.15) is 16.9 Å². The highest BCUT2D eigenvalue weighted by Crippen LogP contribution is 2.38. The summed E-state index contributed by atoms with van der Waals surface area (Å²) in [6.45, 7) is 5.45. The summed E-state index contributed by atoms with van der Waals surface area (Å²) in [5, 5.41) is 11.2. The Labute approximate surface area is 152 Å². The lowest BCUT2D eigenvalue weighted by molar-refractivity contribution is -0.386. The molecule has 0 bridgehead atoms. The summed E-state index contributed by atoms with van der Waals surface area (Å²) in [4.78, 5) is 26.9. The number of piperidine rings is 1. The standard InChI is InChI=1S/C16H19F4N3O4/c1-15(2,3)27-14(24)22-6-4-9(5-7-22)12-11(23(25)26)8-10(13(17)21-12)16(18,19)20/h8-9H,4-7H2,1-3H3. The normalized spacial score (nSPS) is 16.3. The van der Waals surface area contributed by atoms with Gasteiger partial charge in [-0.25, -0.2) is 9.78 Å². The lowest BCUT2D eigenvalue weighted by atomic mass is 9.92. The van der Waals surface area contributed by atoms with Crippen molar-refractivity contribution >= 4 is 11.8 Å². The lowest BCUT2D eigenvalue weighted by Gasteiger charge is -2.33. The van der Waals surface area contributed by atoms with Gasteiger partial charge in [0.2, 0.25) is 5.95 Å². The molecule has 1 aromatic heterocycles. The summed E-state index contributed by atoms with van der Waals surface area (Å²) in [7, 11) is 0. The molecular weight excluding hydrogens is 374 g/mol. The highest BCUT2D eigenvalue weighted by molar-refractivity contribution is 5.68. The number of amides is 1. The Hall–Kier alpha value is -2.46. The van der Waals surface area contributed by atoms with E-state index in [1.54, 1.807) is 20.8 Å². The number of carbonyl (C=O) groups is 1. The number of alkyl halides is 3. The van der Waals surface area contributed by atoms with Crippen LogP contribution in [-0.4, -0.2) is 39.6 Å². The number of ether oxygens (including phenoxy) is 1.